The first-order chi connectivity index (χ1) is 12.8. The molecule has 0 aliphatic heterocycles. The van der Waals surface area contributed by atoms with E-state index in [1.807, 2.05) is 60.2 Å². The molecule has 0 aliphatic rings. The van der Waals surface area contributed by atoms with Crippen molar-refractivity contribution in [1.29, 1.82) is 0 Å². The topological polar surface area (TPSA) is 59.8 Å². The predicted octanol–water partition coefficient (Wildman–Crippen LogP) is 4.25. The molecule has 4 aromatic rings. The standard InChI is InChI=1S/C20H18N4OS/c1-2-24-14-13-22-20(24)26(25)23-18-10-6-9-17-16(11-12-21-19(17)18)15-7-4-3-5-8-15/h3-14,23H,2H2,1H3. The van der Waals surface area contributed by atoms with Gasteiger partial charge < -0.3 is 4.57 Å². The lowest BCUT2D eigenvalue weighted by Crippen LogP contribution is -2.11. The van der Waals surface area contributed by atoms with Crippen LogP contribution >= 0.6 is 0 Å². The molecule has 1 N–H and O–H groups in total. The lowest BCUT2D eigenvalue weighted by Gasteiger charge is -2.11. The van der Waals surface area contributed by atoms with Gasteiger partial charge in [-0.2, -0.15) is 0 Å². The smallest absolute Gasteiger partial charge is 0.220 e. The van der Waals surface area contributed by atoms with Crippen LogP contribution < -0.4 is 4.72 Å². The number of benzene rings is 2. The van der Waals surface area contributed by atoms with Crippen LogP contribution in [0.4, 0.5) is 5.69 Å². The molecule has 1 unspecified atom stereocenters. The van der Waals surface area contributed by atoms with Gasteiger partial charge >= 0.3 is 0 Å². The van der Waals surface area contributed by atoms with Crippen LogP contribution in [0.25, 0.3) is 22.0 Å². The van der Waals surface area contributed by atoms with Crippen LogP contribution in [0.1, 0.15) is 6.92 Å². The summed E-state index contributed by atoms with van der Waals surface area (Å²) in [5.74, 6) is 0. The highest BCUT2D eigenvalue weighted by atomic mass is 32.2. The summed E-state index contributed by atoms with van der Waals surface area (Å²) >= 11 is 0. The van der Waals surface area contributed by atoms with Crippen molar-refractivity contribution in [3.8, 4) is 11.1 Å². The van der Waals surface area contributed by atoms with Crippen LogP contribution in [-0.2, 0) is 17.5 Å². The van der Waals surface area contributed by atoms with Crippen molar-refractivity contribution in [3.05, 3.63) is 73.2 Å². The van der Waals surface area contributed by atoms with Crippen molar-refractivity contribution in [3.63, 3.8) is 0 Å². The molecule has 1 atom stereocenters. The van der Waals surface area contributed by atoms with Gasteiger partial charge in [0.1, 0.15) is 0 Å². The summed E-state index contributed by atoms with van der Waals surface area (Å²) in [6.07, 6.45) is 5.27. The van der Waals surface area contributed by atoms with Crippen LogP contribution in [0.3, 0.4) is 0 Å². The first-order valence-corrected chi connectivity index (χ1v) is 9.55. The zero-order valence-electron chi connectivity index (χ0n) is 14.3. The summed E-state index contributed by atoms with van der Waals surface area (Å²) in [7, 11) is -1.46. The van der Waals surface area contributed by atoms with E-state index in [1.54, 1.807) is 12.4 Å². The Kier molecular flexibility index (Phi) is 4.50. The lowest BCUT2D eigenvalue weighted by atomic mass is 10.0. The minimum atomic E-state index is -1.46. The molecule has 2 aromatic carbocycles. The van der Waals surface area contributed by atoms with E-state index >= 15 is 0 Å². The summed E-state index contributed by atoms with van der Waals surface area (Å²) in [4.78, 5) is 8.73. The third-order valence-corrected chi connectivity index (χ3v) is 5.32. The Bertz CT molecular complexity index is 1080. The number of hydrogen-bond donors (Lipinski definition) is 1. The Labute approximate surface area is 154 Å². The Hall–Kier alpha value is -2.99. The minimum Gasteiger partial charge on any atom is -0.323 e. The molecule has 0 radical (unpaired) electrons. The molecule has 0 aliphatic carbocycles. The van der Waals surface area contributed by atoms with Gasteiger partial charge in [-0.05, 0) is 30.2 Å². The number of aromatic nitrogens is 3. The quantitative estimate of drug-likeness (QED) is 0.577. The van der Waals surface area contributed by atoms with Crippen molar-refractivity contribution in [1.82, 2.24) is 14.5 Å². The van der Waals surface area contributed by atoms with Gasteiger partial charge in [0.25, 0.3) is 0 Å². The maximum Gasteiger partial charge on any atom is 0.220 e. The molecular formula is C20H18N4OS. The summed E-state index contributed by atoms with van der Waals surface area (Å²) in [6.45, 7) is 2.71. The van der Waals surface area contributed by atoms with Crippen molar-refractivity contribution in [2.75, 3.05) is 4.72 Å². The maximum atomic E-state index is 12.7. The molecule has 4 rings (SSSR count). The average Bonchev–Trinajstić information content (AvgIpc) is 3.17. The van der Waals surface area contributed by atoms with Gasteiger partial charge in [-0.3, -0.25) is 9.71 Å². The van der Waals surface area contributed by atoms with Crippen molar-refractivity contribution < 1.29 is 4.21 Å². The molecule has 0 bridgehead atoms. The fourth-order valence-electron chi connectivity index (χ4n) is 2.98. The van der Waals surface area contributed by atoms with Gasteiger partial charge in [-0.15, -0.1) is 0 Å². The van der Waals surface area contributed by atoms with Gasteiger partial charge in [0.15, 0.2) is 11.0 Å². The number of rotatable bonds is 5. The lowest BCUT2D eigenvalue weighted by molar-refractivity contribution is 0.642. The first-order valence-electron chi connectivity index (χ1n) is 8.40. The van der Waals surface area contributed by atoms with Crippen molar-refractivity contribution in [2.45, 2.75) is 18.6 Å². The number of para-hydroxylation sites is 1. The highest BCUT2D eigenvalue weighted by molar-refractivity contribution is 7.86. The molecule has 6 heteroatoms. The second kappa shape index (κ2) is 7.09. The van der Waals surface area contributed by atoms with E-state index in [-0.39, 0.29) is 0 Å². The predicted molar refractivity (Wildman–Crippen MR) is 105 cm³/mol. The van der Waals surface area contributed by atoms with Crippen molar-refractivity contribution in [2.24, 2.45) is 0 Å². The molecule has 0 fully saturated rings. The maximum absolute atomic E-state index is 12.7. The molecule has 0 saturated heterocycles. The van der Waals surface area contributed by atoms with E-state index in [0.717, 1.165) is 27.7 Å². The van der Waals surface area contributed by atoms with Crippen LogP contribution in [0.2, 0.25) is 0 Å². The Morgan fingerprint density at radius 3 is 2.65 bits per heavy atom. The number of nitrogens with one attached hydrogen (secondary N) is 1. The Balaban J connectivity index is 1.76. The Morgan fingerprint density at radius 1 is 1.00 bits per heavy atom. The molecule has 130 valence electrons. The monoisotopic (exact) mass is 362 g/mol. The minimum absolute atomic E-state index is 0.503. The van der Waals surface area contributed by atoms with Crippen LogP contribution in [0, 0.1) is 0 Å². The van der Waals surface area contributed by atoms with Gasteiger partial charge in [0.05, 0.1) is 11.2 Å². The molecule has 2 aromatic heterocycles. The SMILES string of the molecule is CCn1ccnc1S(=O)Nc1cccc2c(-c3ccccc3)ccnc12. The highest BCUT2D eigenvalue weighted by Crippen LogP contribution is 2.31. The zero-order valence-corrected chi connectivity index (χ0v) is 15.1. The van der Waals surface area contributed by atoms with E-state index in [2.05, 4.69) is 26.8 Å². The van der Waals surface area contributed by atoms with Crippen LogP contribution in [-0.4, -0.2) is 18.7 Å². The van der Waals surface area contributed by atoms with E-state index in [1.165, 1.54) is 0 Å². The number of hydrogen-bond acceptors (Lipinski definition) is 3. The molecule has 0 saturated carbocycles. The molecule has 0 amide bonds. The fraction of sp³-hybridized carbons (Fsp3) is 0.100. The molecule has 26 heavy (non-hydrogen) atoms. The third-order valence-electron chi connectivity index (χ3n) is 4.24. The van der Waals surface area contributed by atoms with Crippen molar-refractivity contribution >= 4 is 27.6 Å². The number of anilines is 1. The van der Waals surface area contributed by atoms with Gasteiger partial charge in [-0.25, -0.2) is 9.19 Å². The number of pyridine rings is 1. The van der Waals surface area contributed by atoms with Crippen LogP contribution in [0.5, 0.6) is 0 Å². The fourth-order valence-corrected chi connectivity index (χ4v) is 4.00. The molecular weight excluding hydrogens is 344 g/mol. The molecule has 5 nitrogen and oxygen atoms in total. The Morgan fingerprint density at radius 2 is 1.85 bits per heavy atom. The number of aryl methyl sites for hydroxylation is 1. The highest BCUT2D eigenvalue weighted by Gasteiger charge is 2.14. The van der Waals surface area contributed by atoms with Gasteiger partial charge in [-0.1, -0.05) is 42.5 Å². The third kappa shape index (κ3) is 2.99. The molecule has 2 heterocycles. The molecule has 0 spiro atoms. The largest absolute Gasteiger partial charge is 0.323 e. The summed E-state index contributed by atoms with van der Waals surface area (Å²) < 4.78 is 17.7. The second-order valence-electron chi connectivity index (χ2n) is 5.79. The van der Waals surface area contributed by atoms with Gasteiger partial charge in [0, 0.05) is 30.5 Å². The number of imidazole rings is 1. The van der Waals surface area contributed by atoms with E-state index < -0.39 is 11.0 Å². The van der Waals surface area contributed by atoms with E-state index in [4.69, 9.17) is 0 Å². The number of fused-ring (bicyclic) bond motifs is 1. The summed E-state index contributed by atoms with van der Waals surface area (Å²) in [5.41, 5.74) is 3.74. The first kappa shape index (κ1) is 16.5. The normalized spacial score (nSPS) is 12.2. The van der Waals surface area contributed by atoms with E-state index in [9.17, 15) is 4.21 Å². The average molecular weight is 362 g/mol. The second-order valence-corrected chi connectivity index (χ2v) is 6.90. The summed E-state index contributed by atoms with van der Waals surface area (Å²) in [6, 6.07) is 18.1. The zero-order chi connectivity index (χ0) is 17.9. The van der Waals surface area contributed by atoms with Crippen LogP contribution in [0.15, 0.2) is 78.3 Å². The van der Waals surface area contributed by atoms with E-state index in [0.29, 0.717) is 11.7 Å². The number of nitrogens with zero attached hydrogens (tertiary/aromatic N) is 3. The summed E-state index contributed by atoms with van der Waals surface area (Å²) in [5, 5.41) is 1.52. The van der Waals surface area contributed by atoms with Gasteiger partial charge in [0.2, 0.25) is 5.16 Å².